The van der Waals surface area contributed by atoms with Gasteiger partial charge in [0, 0.05) is 0 Å². The number of hydrogen-bond acceptors (Lipinski definition) is 4. The summed E-state index contributed by atoms with van der Waals surface area (Å²) in [5, 5.41) is 6.34. The van der Waals surface area contributed by atoms with E-state index in [-0.39, 0.29) is 12.1 Å². The molecule has 336 valence electrons. The Labute approximate surface area is 355 Å². The zero-order chi connectivity index (χ0) is 42.1. The van der Waals surface area contributed by atoms with Crippen molar-refractivity contribution in [3.05, 3.63) is 12.2 Å². The molecule has 57 heavy (non-hydrogen) atoms. The SMILES string of the molecule is CCCCCCCC/C=C/CCCCCCCC[N+]1(CCCCCCCCCCCCCCCCCC)C[C@H](NC(=O)OC(C)(C)C)[C@@H](NC(=O)OC(C)(C)C)C1. The van der Waals surface area contributed by atoms with Gasteiger partial charge < -0.3 is 24.6 Å². The molecule has 0 saturated carbocycles. The van der Waals surface area contributed by atoms with Crippen LogP contribution in [0.25, 0.3) is 0 Å². The molecule has 0 aromatic heterocycles. The van der Waals surface area contributed by atoms with Crippen LogP contribution in [0.4, 0.5) is 9.59 Å². The van der Waals surface area contributed by atoms with Crippen molar-refractivity contribution in [1.29, 1.82) is 0 Å². The lowest BCUT2D eigenvalue weighted by Gasteiger charge is -2.35. The summed E-state index contributed by atoms with van der Waals surface area (Å²) in [5.41, 5.74) is -1.17. The van der Waals surface area contributed by atoms with E-state index in [0.29, 0.717) is 0 Å². The molecule has 1 fully saturated rings. The number of nitrogens with zero attached hydrogens (tertiary/aromatic N) is 1. The number of quaternary nitrogens is 1. The van der Waals surface area contributed by atoms with Crippen molar-refractivity contribution in [2.45, 2.75) is 271 Å². The summed E-state index contributed by atoms with van der Waals surface area (Å²) in [6.07, 6.45) is 44.2. The number of unbranched alkanes of at least 4 members (excludes halogenated alkanes) is 27. The van der Waals surface area contributed by atoms with Crippen molar-refractivity contribution in [2.24, 2.45) is 0 Å². The van der Waals surface area contributed by atoms with Gasteiger partial charge >= 0.3 is 12.2 Å². The fourth-order valence-corrected chi connectivity index (χ4v) is 8.54. The molecule has 1 aliphatic rings. The van der Waals surface area contributed by atoms with Gasteiger partial charge in [-0.3, -0.25) is 0 Å². The zero-order valence-corrected chi connectivity index (χ0v) is 39.4. The van der Waals surface area contributed by atoms with Gasteiger partial charge in [0.2, 0.25) is 0 Å². The Kier molecular flexibility index (Phi) is 30.8. The van der Waals surface area contributed by atoms with E-state index in [1.54, 1.807) is 0 Å². The molecule has 1 heterocycles. The first-order valence-electron chi connectivity index (χ1n) is 24.8. The van der Waals surface area contributed by atoms with Gasteiger partial charge in [-0.15, -0.1) is 0 Å². The van der Waals surface area contributed by atoms with E-state index in [9.17, 15) is 9.59 Å². The number of hydrogen-bond donors (Lipinski definition) is 2. The molecule has 1 aliphatic heterocycles. The topological polar surface area (TPSA) is 76.7 Å². The van der Waals surface area contributed by atoms with Crippen molar-refractivity contribution in [2.75, 3.05) is 26.2 Å². The molecule has 0 aromatic carbocycles. The summed E-state index contributed by atoms with van der Waals surface area (Å²) < 4.78 is 12.3. The summed E-state index contributed by atoms with van der Waals surface area (Å²) in [5.74, 6) is 0. The van der Waals surface area contributed by atoms with Crippen LogP contribution in [0, 0.1) is 0 Å². The first-order chi connectivity index (χ1) is 27.3. The largest absolute Gasteiger partial charge is 0.444 e. The average molecular weight is 805 g/mol. The maximum absolute atomic E-state index is 13.0. The van der Waals surface area contributed by atoms with Gasteiger partial charge in [-0.25, -0.2) is 9.59 Å². The maximum atomic E-state index is 13.0. The van der Waals surface area contributed by atoms with Gasteiger partial charge in [-0.05, 0) is 92.9 Å². The number of amides is 2. The van der Waals surface area contributed by atoms with Crippen molar-refractivity contribution in [3.63, 3.8) is 0 Å². The van der Waals surface area contributed by atoms with Crippen LogP contribution in [0.1, 0.15) is 248 Å². The van der Waals surface area contributed by atoms with Crippen LogP contribution in [0.2, 0.25) is 0 Å². The normalized spacial score (nSPS) is 17.0. The number of ether oxygens (including phenoxy) is 2. The fourth-order valence-electron chi connectivity index (χ4n) is 8.54. The minimum atomic E-state index is -0.583. The van der Waals surface area contributed by atoms with Crippen LogP contribution in [0.15, 0.2) is 12.2 Å². The van der Waals surface area contributed by atoms with E-state index >= 15 is 0 Å². The van der Waals surface area contributed by atoms with Gasteiger partial charge in [0.25, 0.3) is 0 Å². The molecular weight excluding hydrogens is 707 g/mol. The van der Waals surface area contributed by atoms with Crippen LogP contribution in [-0.4, -0.2) is 66.1 Å². The molecule has 0 unspecified atom stereocenters. The van der Waals surface area contributed by atoms with Crippen LogP contribution in [-0.2, 0) is 9.47 Å². The van der Waals surface area contributed by atoms with E-state index in [0.717, 1.165) is 30.7 Å². The molecule has 2 amide bonds. The number of carbonyl (C=O) groups excluding carboxylic acids is 2. The van der Waals surface area contributed by atoms with Gasteiger partial charge in [-0.2, -0.15) is 0 Å². The third-order valence-corrected chi connectivity index (χ3v) is 11.7. The van der Waals surface area contributed by atoms with E-state index in [2.05, 4.69) is 36.6 Å². The number of carbonyl (C=O) groups is 2. The van der Waals surface area contributed by atoms with E-state index in [1.165, 1.54) is 193 Å². The second kappa shape index (κ2) is 33.0. The van der Waals surface area contributed by atoms with Crippen LogP contribution in [0.3, 0.4) is 0 Å². The molecule has 7 heteroatoms. The van der Waals surface area contributed by atoms with E-state index < -0.39 is 23.4 Å². The maximum Gasteiger partial charge on any atom is 0.408 e. The zero-order valence-electron chi connectivity index (χ0n) is 39.4. The minimum absolute atomic E-state index is 0.206. The van der Waals surface area contributed by atoms with Crippen molar-refractivity contribution in [3.8, 4) is 0 Å². The summed E-state index contributed by atoms with van der Waals surface area (Å²) >= 11 is 0. The number of rotatable bonds is 35. The van der Waals surface area contributed by atoms with Crippen LogP contribution in [0.5, 0.6) is 0 Å². The Morgan fingerprint density at radius 3 is 1.00 bits per heavy atom. The van der Waals surface area contributed by atoms with Gasteiger partial charge in [-0.1, -0.05) is 167 Å². The Morgan fingerprint density at radius 2 is 0.719 bits per heavy atom. The highest BCUT2D eigenvalue weighted by molar-refractivity contribution is 5.70. The highest BCUT2D eigenvalue weighted by atomic mass is 16.6. The number of likely N-dealkylation sites (tertiary alicyclic amines) is 1. The van der Waals surface area contributed by atoms with Gasteiger partial charge in [0.1, 0.15) is 36.4 Å². The molecule has 2 N–H and O–H groups in total. The number of alkyl carbamates (subject to hydrolysis) is 2. The van der Waals surface area contributed by atoms with Crippen molar-refractivity contribution >= 4 is 12.2 Å². The molecule has 0 aliphatic carbocycles. The standard InChI is InChI=1S/C50H97N3O4/c1-9-11-13-15-17-19-21-23-25-27-29-31-33-35-37-39-41-53(42-40-38-36-34-32-30-28-26-24-22-20-18-16-14-12-10-2)43-45(51-47(54)56-49(3,4)5)46(44-53)52-48(55)57-50(6,7)8/h23,25,45-46H,9-22,24,26-44H2,1-8H3,(H-,51,52,54,55)/p+1/b25-23+/t45-,46-/m0/s1. The molecule has 2 atom stereocenters. The lowest BCUT2D eigenvalue weighted by Crippen LogP contribution is -2.52. The van der Waals surface area contributed by atoms with Gasteiger partial charge in [0.15, 0.2) is 0 Å². The average Bonchev–Trinajstić information content (AvgIpc) is 3.45. The smallest absolute Gasteiger partial charge is 0.408 e. The summed E-state index contributed by atoms with van der Waals surface area (Å²) in [7, 11) is 0. The predicted octanol–water partition coefficient (Wildman–Crippen LogP) is 14.9. The van der Waals surface area contributed by atoms with Crippen molar-refractivity contribution < 1.29 is 23.5 Å². The summed E-state index contributed by atoms with van der Waals surface area (Å²) in [6.45, 7) is 19.7. The Balaban J connectivity index is 2.61. The minimum Gasteiger partial charge on any atom is -0.444 e. The first-order valence-corrected chi connectivity index (χ1v) is 24.8. The third kappa shape index (κ3) is 31.8. The summed E-state index contributed by atoms with van der Waals surface area (Å²) in [4.78, 5) is 26.1. The fraction of sp³-hybridized carbons (Fsp3) is 0.920. The molecule has 1 saturated heterocycles. The molecule has 0 aromatic rings. The van der Waals surface area contributed by atoms with Crippen LogP contribution < -0.4 is 10.6 Å². The van der Waals surface area contributed by atoms with Crippen molar-refractivity contribution in [1.82, 2.24) is 10.6 Å². The second-order valence-corrected chi connectivity index (χ2v) is 19.9. The number of nitrogens with one attached hydrogen (secondary N) is 2. The molecule has 0 spiro atoms. The number of allylic oxidation sites excluding steroid dienone is 2. The quantitative estimate of drug-likeness (QED) is 0.0380. The molecule has 0 radical (unpaired) electrons. The predicted molar refractivity (Wildman–Crippen MR) is 245 cm³/mol. The molecule has 1 rings (SSSR count). The van der Waals surface area contributed by atoms with Gasteiger partial charge in [0.05, 0.1) is 13.1 Å². The van der Waals surface area contributed by atoms with Crippen LogP contribution >= 0.6 is 0 Å². The molecular formula is C50H98N3O4+. The molecule has 0 bridgehead atoms. The summed E-state index contributed by atoms with van der Waals surface area (Å²) in [6, 6.07) is -0.412. The molecule has 7 nitrogen and oxygen atoms in total. The van der Waals surface area contributed by atoms with E-state index in [4.69, 9.17) is 9.47 Å². The highest BCUT2D eigenvalue weighted by Gasteiger charge is 2.47. The monoisotopic (exact) mass is 805 g/mol. The lowest BCUT2D eigenvalue weighted by molar-refractivity contribution is -0.918. The highest BCUT2D eigenvalue weighted by Crippen LogP contribution is 2.26. The Morgan fingerprint density at radius 1 is 0.456 bits per heavy atom. The lowest BCUT2D eigenvalue weighted by atomic mass is 10.0. The van der Waals surface area contributed by atoms with E-state index in [1.807, 2.05) is 41.5 Å². The Bertz CT molecular complexity index is 963. The first kappa shape index (κ1) is 53.3. The second-order valence-electron chi connectivity index (χ2n) is 19.9. The third-order valence-electron chi connectivity index (χ3n) is 11.7. The Hall–Kier alpha value is -1.76.